The molecule has 2 aliphatic heterocycles. The second-order valence-corrected chi connectivity index (χ2v) is 8.30. The summed E-state index contributed by atoms with van der Waals surface area (Å²) in [6.45, 7) is 3.90. The van der Waals surface area contributed by atoms with Crippen molar-refractivity contribution in [1.29, 1.82) is 0 Å². The number of carbonyl (C=O) groups is 1. The molecule has 8 nitrogen and oxygen atoms in total. The largest absolute Gasteiger partial charge is 0.336 e. The number of pyridine rings is 1. The number of aromatic nitrogens is 4. The van der Waals surface area contributed by atoms with Crippen molar-refractivity contribution in [2.24, 2.45) is 11.8 Å². The van der Waals surface area contributed by atoms with E-state index in [0.717, 1.165) is 18.5 Å². The van der Waals surface area contributed by atoms with Crippen LogP contribution in [-0.4, -0.2) is 43.2 Å². The highest BCUT2D eigenvalue weighted by Crippen LogP contribution is 2.37. The maximum absolute atomic E-state index is 12.8. The van der Waals surface area contributed by atoms with Crippen molar-refractivity contribution in [2.45, 2.75) is 45.2 Å². The zero-order valence-electron chi connectivity index (χ0n) is 15.9. The Morgan fingerprint density at radius 2 is 1.96 bits per heavy atom. The summed E-state index contributed by atoms with van der Waals surface area (Å²) in [6, 6.07) is 5.43. The minimum atomic E-state index is -0.521. The molecule has 1 saturated carbocycles. The predicted octanol–water partition coefficient (Wildman–Crippen LogP) is 0.778. The molecule has 2 fully saturated rings. The molecule has 1 saturated heterocycles. The number of fused-ring (bicyclic) bond motifs is 3. The number of nitrogens with zero attached hydrogens (tertiary/aromatic N) is 5. The molecule has 0 aromatic carbocycles. The van der Waals surface area contributed by atoms with Crippen molar-refractivity contribution in [3.05, 3.63) is 56.1 Å². The van der Waals surface area contributed by atoms with E-state index < -0.39 is 11.1 Å². The fourth-order valence-electron chi connectivity index (χ4n) is 4.62. The maximum Gasteiger partial charge on any atom is 0.332 e. The van der Waals surface area contributed by atoms with Gasteiger partial charge < -0.3 is 4.90 Å². The van der Waals surface area contributed by atoms with Crippen LogP contribution in [0.3, 0.4) is 0 Å². The van der Waals surface area contributed by atoms with E-state index in [2.05, 4.69) is 10.1 Å². The standard InChI is InChI=1S/C20H23N5O3/c1-12-4-2-7-16(21-12)18(26)23-9-14-10-24-17(15(14)11-23)22-25(20(28)19(24)27)8-13-5-3-6-13/h2,4,7,13-15H,3,5-6,8-11H2,1H3/t14-,15-/m0/s1. The second kappa shape index (κ2) is 6.39. The lowest BCUT2D eigenvalue weighted by Gasteiger charge is -2.25. The second-order valence-electron chi connectivity index (χ2n) is 8.30. The van der Waals surface area contributed by atoms with Gasteiger partial charge in [0.2, 0.25) is 0 Å². The third-order valence-electron chi connectivity index (χ3n) is 6.40. The van der Waals surface area contributed by atoms with Gasteiger partial charge in [-0.05, 0) is 37.8 Å². The predicted molar refractivity (Wildman–Crippen MR) is 101 cm³/mol. The van der Waals surface area contributed by atoms with E-state index in [1.54, 1.807) is 11.0 Å². The number of rotatable bonds is 3. The molecule has 0 bridgehead atoms. The molecule has 1 aliphatic carbocycles. The first kappa shape index (κ1) is 17.3. The van der Waals surface area contributed by atoms with Crippen molar-refractivity contribution in [1.82, 2.24) is 24.2 Å². The molecule has 28 heavy (non-hydrogen) atoms. The summed E-state index contributed by atoms with van der Waals surface area (Å²) in [5, 5.41) is 4.57. The highest BCUT2D eigenvalue weighted by Gasteiger charge is 2.44. The average molecular weight is 381 g/mol. The third-order valence-corrected chi connectivity index (χ3v) is 6.40. The van der Waals surface area contributed by atoms with Gasteiger partial charge in [0.1, 0.15) is 11.5 Å². The fraction of sp³-hybridized carbons (Fsp3) is 0.550. The highest BCUT2D eigenvalue weighted by molar-refractivity contribution is 5.92. The summed E-state index contributed by atoms with van der Waals surface area (Å²) in [5.41, 5.74) is 0.258. The normalized spacial score (nSPS) is 23.4. The first-order valence-corrected chi connectivity index (χ1v) is 9.96. The number of amides is 1. The molecule has 146 valence electrons. The Morgan fingerprint density at radius 3 is 2.68 bits per heavy atom. The molecule has 0 radical (unpaired) electrons. The SMILES string of the molecule is Cc1cccc(C(=O)N2C[C@H]3Cn4c(nn(CC5CCC5)c(=O)c4=O)[C@H]3C2)n1. The van der Waals surface area contributed by atoms with Crippen LogP contribution < -0.4 is 11.1 Å². The van der Waals surface area contributed by atoms with E-state index in [1.165, 1.54) is 15.7 Å². The van der Waals surface area contributed by atoms with Gasteiger partial charge in [-0.15, -0.1) is 0 Å². The zero-order chi connectivity index (χ0) is 19.4. The molecule has 2 atom stereocenters. The van der Waals surface area contributed by atoms with Crippen LogP contribution in [0, 0.1) is 18.8 Å². The topological polar surface area (TPSA) is 90.1 Å². The molecule has 0 unspecified atom stereocenters. The van der Waals surface area contributed by atoms with Gasteiger partial charge in [0.05, 0.1) is 0 Å². The van der Waals surface area contributed by atoms with Crippen molar-refractivity contribution in [3.63, 3.8) is 0 Å². The summed E-state index contributed by atoms with van der Waals surface area (Å²) >= 11 is 0. The Balaban J connectivity index is 1.42. The van der Waals surface area contributed by atoms with Crippen LogP contribution in [0.4, 0.5) is 0 Å². The average Bonchev–Trinajstić information content (AvgIpc) is 3.20. The Bertz CT molecular complexity index is 1070. The lowest BCUT2D eigenvalue weighted by molar-refractivity contribution is 0.0777. The van der Waals surface area contributed by atoms with Crippen LogP contribution >= 0.6 is 0 Å². The summed E-state index contributed by atoms with van der Waals surface area (Å²) in [7, 11) is 0. The quantitative estimate of drug-likeness (QED) is 0.733. The molecule has 5 rings (SSSR count). The summed E-state index contributed by atoms with van der Waals surface area (Å²) in [5.74, 6) is 1.12. The van der Waals surface area contributed by atoms with Gasteiger partial charge in [-0.2, -0.15) is 5.10 Å². The van der Waals surface area contributed by atoms with Crippen molar-refractivity contribution in [3.8, 4) is 0 Å². The van der Waals surface area contributed by atoms with Crippen LogP contribution in [-0.2, 0) is 13.1 Å². The third kappa shape index (κ3) is 2.70. The lowest BCUT2D eigenvalue weighted by atomic mass is 9.85. The smallest absolute Gasteiger partial charge is 0.332 e. The minimum absolute atomic E-state index is 0.00491. The lowest BCUT2D eigenvalue weighted by Crippen LogP contribution is -2.45. The first-order valence-electron chi connectivity index (χ1n) is 9.96. The molecular weight excluding hydrogens is 358 g/mol. The van der Waals surface area contributed by atoms with Crippen molar-refractivity contribution < 1.29 is 4.79 Å². The molecular formula is C20H23N5O3. The van der Waals surface area contributed by atoms with E-state index >= 15 is 0 Å². The molecule has 4 heterocycles. The molecule has 2 aromatic rings. The Kier molecular flexibility index (Phi) is 3.96. The fourth-order valence-corrected chi connectivity index (χ4v) is 4.62. The van der Waals surface area contributed by atoms with Crippen LogP contribution in [0.25, 0.3) is 0 Å². The number of aryl methyl sites for hydroxylation is 1. The molecule has 1 amide bonds. The summed E-state index contributed by atoms with van der Waals surface area (Å²) in [4.78, 5) is 44.0. The molecule has 3 aliphatic rings. The molecule has 0 spiro atoms. The van der Waals surface area contributed by atoms with Gasteiger partial charge >= 0.3 is 11.1 Å². The van der Waals surface area contributed by atoms with Crippen molar-refractivity contribution in [2.75, 3.05) is 13.1 Å². The van der Waals surface area contributed by atoms with Gasteiger partial charge in [0.15, 0.2) is 0 Å². The highest BCUT2D eigenvalue weighted by atomic mass is 16.2. The molecule has 2 aromatic heterocycles. The number of hydrogen-bond acceptors (Lipinski definition) is 5. The van der Waals surface area contributed by atoms with Crippen LogP contribution in [0.15, 0.2) is 27.8 Å². The van der Waals surface area contributed by atoms with Gasteiger partial charge in [0.25, 0.3) is 5.91 Å². The number of carbonyl (C=O) groups excluding carboxylic acids is 1. The van der Waals surface area contributed by atoms with Gasteiger partial charge in [-0.1, -0.05) is 12.5 Å². The summed E-state index contributed by atoms with van der Waals surface area (Å²) in [6.07, 6.45) is 3.35. The van der Waals surface area contributed by atoms with Crippen LogP contribution in [0.2, 0.25) is 0 Å². The van der Waals surface area contributed by atoms with Crippen molar-refractivity contribution >= 4 is 5.91 Å². The summed E-state index contributed by atoms with van der Waals surface area (Å²) < 4.78 is 2.90. The molecule has 8 heteroatoms. The van der Waals surface area contributed by atoms with E-state index in [1.807, 2.05) is 19.1 Å². The number of likely N-dealkylation sites (tertiary alicyclic amines) is 1. The zero-order valence-corrected chi connectivity index (χ0v) is 15.9. The molecule has 0 N–H and O–H groups in total. The van der Waals surface area contributed by atoms with E-state index in [4.69, 9.17) is 0 Å². The van der Waals surface area contributed by atoms with E-state index in [9.17, 15) is 14.4 Å². The first-order chi connectivity index (χ1) is 13.5. The van der Waals surface area contributed by atoms with Gasteiger partial charge in [-0.25, -0.2) is 9.67 Å². The monoisotopic (exact) mass is 381 g/mol. The number of hydrogen-bond donors (Lipinski definition) is 0. The van der Waals surface area contributed by atoms with Gasteiger partial charge in [0, 0.05) is 43.7 Å². The minimum Gasteiger partial charge on any atom is -0.336 e. The van der Waals surface area contributed by atoms with E-state index in [0.29, 0.717) is 43.6 Å². The van der Waals surface area contributed by atoms with Crippen LogP contribution in [0.5, 0.6) is 0 Å². The van der Waals surface area contributed by atoms with E-state index in [-0.39, 0.29) is 17.7 Å². The Labute approximate surface area is 161 Å². The van der Waals surface area contributed by atoms with Gasteiger partial charge in [-0.3, -0.25) is 19.0 Å². The Morgan fingerprint density at radius 1 is 1.14 bits per heavy atom. The Hall–Kier alpha value is -2.77. The van der Waals surface area contributed by atoms with Crippen LogP contribution in [0.1, 0.15) is 47.2 Å². The maximum atomic E-state index is 12.8.